The Hall–Kier alpha value is -1.55. The molecule has 9 unspecified atom stereocenters. The summed E-state index contributed by atoms with van der Waals surface area (Å²) in [5, 5.41) is 53.2. The first-order chi connectivity index (χ1) is 19.9. The van der Waals surface area contributed by atoms with E-state index in [9.17, 15) is 30.3 Å². The van der Waals surface area contributed by atoms with E-state index >= 15 is 0 Å². The molecule has 4 aliphatic rings. The second kappa shape index (κ2) is 12.3. The van der Waals surface area contributed by atoms with Gasteiger partial charge in [0.2, 0.25) is 0 Å². The first-order valence-electron chi connectivity index (χ1n) is 16.1. The summed E-state index contributed by atoms with van der Waals surface area (Å²) in [7, 11) is 0. The van der Waals surface area contributed by atoms with Crippen LogP contribution < -0.4 is 0 Å². The van der Waals surface area contributed by atoms with Crippen LogP contribution in [0.3, 0.4) is 0 Å². The molecule has 8 heteroatoms. The second-order valence-corrected chi connectivity index (χ2v) is 15.4. The van der Waals surface area contributed by atoms with Crippen molar-refractivity contribution in [2.75, 3.05) is 6.61 Å². The molecule has 1 heterocycles. The van der Waals surface area contributed by atoms with Gasteiger partial charge in [0.15, 0.2) is 6.29 Å². The van der Waals surface area contributed by atoms with Gasteiger partial charge in [-0.2, -0.15) is 0 Å². The summed E-state index contributed by atoms with van der Waals surface area (Å²) in [6.07, 6.45) is 3.60. The number of carbonyl (C=O) groups is 1. The van der Waals surface area contributed by atoms with Crippen LogP contribution in [0.25, 0.3) is 0 Å². The molecule has 43 heavy (non-hydrogen) atoms. The van der Waals surface area contributed by atoms with Crippen molar-refractivity contribution in [3.63, 3.8) is 0 Å². The van der Waals surface area contributed by atoms with E-state index in [-0.39, 0.29) is 52.9 Å². The highest BCUT2D eigenvalue weighted by molar-refractivity contribution is 5.66. The number of rotatable bonds is 10. The van der Waals surface area contributed by atoms with Gasteiger partial charge in [0.05, 0.1) is 18.3 Å². The fraction of sp³-hybridized carbons (Fsp3) is 0.800. The van der Waals surface area contributed by atoms with Gasteiger partial charge in [0.25, 0.3) is 0 Å². The highest BCUT2D eigenvalue weighted by Crippen LogP contribution is 2.74. The molecule has 244 valence electrons. The second-order valence-electron chi connectivity index (χ2n) is 15.4. The Morgan fingerprint density at radius 2 is 1.72 bits per heavy atom. The van der Waals surface area contributed by atoms with E-state index in [0.29, 0.717) is 19.3 Å². The van der Waals surface area contributed by atoms with Crippen LogP contribution in [0.2, 0.25) is 0 Å². The van der Waals surface area contributed by atoms with Crippen LogP contribution in [0.1, 0.15) is 92.9 Å². The van der Waals surface area contributed by atoms with Gasteiger partial charge in [-0.15, -0.1) is 0 Å². The third-order valence-corrected chi connectivity index (χ3v) is 12.6. The monoisotopic (exact) mass is 604 g/mol. The SMILES string of the molecule is C=C(C)/C=C/CC(C)(O)C1CCC2(C)C1C(O[C@@H]1OC[C@H](O)[C@H](O)[C@H]1O)CC1C(C)(CCC(=O)O)C(C(=C)C)CCC12C. The average Bonchev–Trinajstić information content (AvgIpc) is 3.29. The first-order valence-corrected chi connectivity index (χ1v) is 16.1. The number of carboxylic acid groups (broad SMARTS) is 1. The van der Waals surface area contributed by atoms with E-state index < -0.39 is 42.3 Å². The van der Waals surface area contributed by atoms with E-state index in [1.807, 2.05) is 32.9 Å². The zero-order valence-corrected chi connectivity index (χ0v) is 27.1. The van der Waals surface area contributed by atoms with Gasteiger partial charge in [-0.25, -0.2) is 0 Å². The Labute approximate surface area is 257 Å². The van der Waals surface area contributed by atoms with Crippen molar-refractivity contribution in [2.24, 2.45) is 39.9 Å². The maximum absolute atomic E-state index is 12.0. The van der Waals surface area contributed by atoms with Gasteiger partial charge >= 0.3 is 5.97 Å². The third kappa shape index (κ3) is 6.05. The quantitative estimate of drug-likeness (QED) is 0.134. The fourth-order valence-electron chi connectivity index (χ4n) is 10.2. The molecule has 0 aromatic carbocycles. The Morgan fingerprint density at radius 3 is 2.33 bits per heavy atom. The lowest BCUT2D eigenvalue weighted by molar-refractivity contribution is -0.312. The van der Waals surface area contributed by atoms with E-state index in [4.69, 9.17) is 9.47 Å². The van der Waals surface area contributed by atoms with Crippen molar-refractivity contribution >= 4 is 5.97 Å². The Kier molecular flexibility index (Phi) is 9.84. The van der Waals surface area contributed by atoms with Crippen molar-refractivity contribution in [1.29, 1.82) is 0 Å². The van der Waals surface area contributed by atoms with Crippen molar-refractivity contribution in [3.8, 4) is 0 Å². The number of aliphatic hydroxyl groups is 4. The van der Waals surface area contributed by atoms with Crippen LogP contribution in [0.4, 0.5) is 0 Å². The summed E-state index contributed by atoms with van der Waals surface area (Å²) < 4.78 is 12.5. The highest BCUT2D eigenvalue weighted by atomic mass is 16.7. The zero-order chi connectivity index (χ0) is 32.1. The minimum absolute atomic E-state index is 0.0689. The smallest absolute Gasteiger partial charge is 0.303 e. The number of hydrogen-bond acceptors (Lipinski definition) is 7. The van der Waals surface area contributed by atoms with Gasteiger partial charge in [0, 0.05) is 6.42 Å². The predicted octanol–water partition coefficient (Wildman–Crippen LogP) is 5.00. The number of aliphatic hydroxyl groups excluding tert-OH is 3. The molecule has 0 amide bonds. The molecular formula is C35H56O8. The van der Waals surface area contributed by atoms with Gasteiger partial charge in [-0.3, -0.25) is 4.79 Å². The summed E-state index contributed by atoms with van der Waals surface area (Å²) >= 11 is 0. The molecule has 0 aromatic heterocycles. The standard InChI is InChI=1S/C35H56O8/c1-20(2)10-9-14-35(8,41)23-12-17-34(7)28(23)25(43-31-30(40)29(39)24(36)19-42-31)18-26-32(5,15-13-27(37)38)22(21(3)4)11-16-33(26,34)6/h9-10,22-26,28-31,36,39-41H,1,3,11-19H2,2,4-8H3,(H,37,38)/b10-9+/t22?,23?,24-,25?,26?,28?,29-,30+,31-,32?,33?,34?,35?/m0/s1. The van der Waals surface area contributed by atoms with Gasteiger partial charge in [0.1, 0.15) is 18.3 Å². The fourth-order valence-corrected chi connectivity index (χ4v) is 10.2. The number of fused-ring (bicyclic) bond motifs is 3. The van der Waals surface area contributed by atoms with Crippen LogP contribution in [-0.2, 0) is 14.3 Å². The molecular weight excluding hydrogens is 548 g/mol. The van der Waals surface area contributed by atoms with Gasteiger partial charge in [-0.1, -0.05) is 57.2 Å². The molecule has 0 spiro atoms. The zero-order valence-electron chi connectivity index (χ0n) is 27.1. The summed E-state index contributed by atoms with van der Waals surface area (Å²) in [6.45, 7) is 20.9. The number of aliphatic carboxylic acids is 1. The number of carboxylic acids is 1. The van der Waals surface area contributed by atoms with Crippen LogP contribution in [-0.4, -0.2) is 74.4 Å². The van der Waals surface area contributed by atoms with Gasteiger partial charge < -0.3 is 35.0 Å². The van der Waals surface area contributed by atoms with Crippen LogP contribution >= 0.6 is 0 Å². The maximum atomic E-state index is 12.0. The van der Waals surface area contributed by atoms with E-state index in [1.54, 1.807) is 0 Å². The van der Waals surface area contributed by atoms with Crippen LogP contribution in [0.15, 0.2) is 36.5 Å². The summed E-state index contributed by atoms with van der Waals surface area (Å²) in [5.74, 6) is -0.744. The van der Waals surface area contributed by atoms with Crippen molar-refractivity contribution in [2.45, 2.75) is 129 Å². The van der Waals surface area contributed by atoms with Crippen LogP contribution in [0, 0.1) is 39.9 Å². The first kappa shape index (κ1) is 34.3. The largest absolute Gasteiger partial charge is 0.481 e. The minimum atomic E-state index is -1.42. The van der Waals surface area contributed by atoms with E-state index in [1.165, 1.54) is 0 Å². The molecule has 8 nitrogen and oxygen atoms in total. The summed E-state index contributed by atoms with van der Waals surface area (Å²) in [4.78, 5) is 11.9. The molecule has 1 saturated heterocycles. The van der Waals surface area contributed by atoms with Crippen molar-refractivity contribution < 1.29 is 39.8 Å². The topological polar surface area (TPSA) is 137 Å². The predicted molar refractivity (Wildman–Crippen MR) is 165 cm³/mol. The summed E-state index contributed by atoms with van der Waals surface area (Å²) in [5.41, 5.74) is 0.202. The van der Waals surface area contributed by atoms with Crippen molar-refractivity contribution in [1.82, 2.24) is 0 Å². The molecule has 0 radical (unpaired) electrons. The average molecular weight is 605 g/mol. The lowest BCUT2D eigenvalue weighted by Gasteiger charge is -2.68. The Morgan fingerprint density at radius 1 is 1.07 bits per heavy atom. The van der Waals surface area contributed by atoms with E-state index in [0.717, 1.165) is 36.8 Å². The Balaban J connectivity index is 1.79. The molecule has 0 bridgehead atoms. The number of allylic oxidation sites excluding steroid dienone is 3. The Bertz CT molecular complexity index is 1100. The summed E-state index contributed by atoms with van der Waals surface area (Å²) in [6, 6.07) is 0. The molecule has 4 fully saturated rings. The molecule has 4 rings (SSSR count). The van der Waals surface area contributed by atoms with E-state index in [2.05, 4.69) is 33.9 Å². The number of hydrogen-bond donors (Lipinski definition) is 5. The maximum Gasteiger partial charge on any atom is 0.303 e. The molecule has 3 saturated carbocycles. The molecule has 1 aliphatic heterocycles. The molecule has 0 aromatic rings. The number of ether oxygens (including phenoxy) is 2. The van der Waals surface area contributed by atoms with Crippen molar-refractivity contribution in [3.05, 3.63) is 36.5 Å². The third-order valence-electron chi connectivity index (χ3n) is 12.6. The minimum Gasteiger partial charge on any atom is -0.481 e. The highest BCUT2D eigenvalue weighted by Gasteiger charge is 2.70. The molecule has 13 atom stereocenters. The normalized spacial score (nSPS) is 46.1. The molecule has 3 aliphatic carbocycles. The lowest BCUT2D eigenvalue weighted by Crippen LogP contribution is -2.65. The lowest BCUT2D eigenvalue weighted by atomic mass is 9.37. The molecule has 5 N–H and O–H groups in total. The van der Waals surface area contributed by atoms with Gasteiger partial charge in [-0.05, 0) is 106 Å². The van der Waals surface area contributed by atoms with Crippen LogP contribution in [0.5, 0.6) is 0 Å².